The highest BCUT2D eigenvalue weighted by Gasteiger charge is 2.36. The second-order valence-corrected chi connectivity index (χ2v) is 6.35. The van der Waals surface area contributed by atoms with E-state index in [4.69, 9.17) is 9.84 Å². The summed E-state index contributed by atoms with van der Waals surface area (Å²) in [6.45, 7) is 0.831. The van der Waals surface area contributed by atoms with Gasteiger partial charge in [0.1, 0.15) is 11.6 Å². The summed E-state index contributed by atoms with van der Waals surface area (Å²) >= 11 is 0. The zero-order valence-electron chi connectivity index (χ0n) is 14.2. The van der Waals surface area contributed by atoms with Crippen LogP contribution in [0.1, 0.15) is 18.7 Å². The molecule has 1 fully saturated rings. The minimum atomic E-state index is -4.74. The third-order valence-corrected chi connectivity index (χ3v) is 4.21. The van der Waals surface area contributed by atoms with E-state index in [1.54, 1.807) is 6.20 Å². The van der Waals surface area contributed by atoms with Crippen molar-refractivity contribution >= 4 is 6.09 Å². The summed E-state index contributed by atoms with van der Waals surface area (Å²) < 4.78 is 45.9. The van der Waals surface area contributed by atoms with E-state index < -0.39 is 18.0 Å². The van der Waals surface area contributed by atoms with Crippen LogP contribution in [0.25, 0.3) is 11.3 Å². The number of nitrogens with zero attached hydrogens (tertiary/aromatic N) is 1. The lowest BCUT2D eigenvalue weighted by Gasteiger charge is -2.36. The highest BCUT2D eigenvalue weighted by Crippen LogP contribution is 2.27. The molecule has 0 spiro atoms. The molecule has 3 N–H and O–H groups in total. The van der Waals surface area contributed by atoms with Gasteiger partial charge in [0.15, 0.2) is 0 Å². The summed E-state index contributed by atoms with van der Waals surface area (Å²) in [6.07, 6.45) is -2.59. The number of amides is 1. The maximum absolute atomic E-state index is 12.2. The number of H-pyrrole nitrogens is 1. The standard InChI is InChI=1S/C17H18F3N3O4/c18-17(19,20)27-12-4-2-11(3-5-12)13-9-21-14(22-13)8-16(23-15(24)25)6-1-7-26-10-16/h2-5,9,23H,1,6-8,10H2,(H,21,22)(H,24,25). The summed E-state index contributed by atoms with van der Waals surface area (Å²) in [7, 11) is 0. The number of benzene rings is 1. The third-order valence-electron chi connectivity index (χ3n) is 4.21. The highest BCUT2D eigenvalue weighted by atomic mass is 19.4. The van der Waals surface area contributed by atoms with Crippen LogP contribution in [0.5, 0.6) is 5.75 Å². The molecular formula is C17H18F3N3O4. The topological polar surface area (TPSA) is 96.5 Å². The van der Waals surface area contributed by atoms with Gasteiger partial charge in [-0.3, -0.25) is 0 Å². The number of hydrogen-bond donors (Lipinski definition) is 3. The zero-order valence-corrected chi connectivity index (χ0v) is 14.2. The molecule has 1 aliphatic heterocycles. The minimum absolute atomic E-state index is 0.249. The van der Waals surface area contributed by atoms with Crippen LogP contribution in [0, 0.1) is 0 Å². The van der Waals surface area contributed by atoms with Gasteiger partial charge in [-0.05, 0) is 37.1 Å². The maximum Gasteiger partial charge on any atom is 0.573 e. The number of aromatic nitrogens is 2. The molecule has 1 saturated heterocycles. The SMILES string of the molecule is O=C(O)NC1(Cc2nc(-c3ccc(OC(F)(F)F)cc3)c[nH]2)CCCOC1. The Labute approximate surface area is 152 Å². The number of alkyl halides is 3. The smallest absolute Gasteiger partial charge is 0.465 e. The lowest BCUT2D eigenvalue weighted by Crippen LogP contribution is -2.55. The van der Waals surface area contributed by atoms with Crippen LogP contribution in [-0.2, 0) is 11.2 Å². The van der Waals surface area contributed by atoms with E-state index in [0.717, 1.165) is 6.42 Å². The quantitative estimate of drug-likeness (QED) is 0.734. The Hall–Kier alpha value is -2.75. The van der Waals surface area contributed by atoms with Crippen LogP contribution in [0.4, 0.5) is 18.0 Å². The van der Waals surface area contributed by atoms with Gasteiger partial charge >= 0.3 is 12.5 Å². The Balaban J connectivity index is 1.73. The number of carboxylic acid groups (broad SMARTS) is 1. The van der Waals surface area contributed by atoms with Crippen LogP contribution in [0.15, 0.2) is 30.5 Å². The number of nitrogens with one attached hydrogen (secondary N) is 2. The van der Waals surface area contributed by atoms with Crippen molar-refractivity contribution in [3.8, 4) is 17.0 Å². The number of ether oxygens (including phenoxy) is 2. The second kappa shape index (κ2) is 7.47. The summed E-state index contributed by atoms with van der Waals surface area (Å²) in [5.41, 5.74) is 0.377. The Kier molecular flexibility index (Phi) is 5.26. The van der Waals surface area contributed by atoms with Crippen molar-refractivity contribution in [2.45, 2.75) is 31.2 Å². The number of rotatable bonds is 5. The van der Waals surface area contributed by atoms with Crippen molar-refractivity contribution in [2.24, 2.45) is 0 Å². The van der Waals surface area contributed by atoms with Crippen molar-refractivity contribution in [3.63, 3.8) is 0 Å². The summed E-state index contributed by atoms with van der Waals surface area (Å²) in [5.74, 6) is 0.242. The molecule has 7 nitrogen and oxygen atoms in total. The lowest BCUT2D eigenvalue weighted by molar-refractivity contribution is -0.274. The number of halogens is 3. The van der Waals surface area contributed by atoms with Gasteiger partial charge in [-0.15, -0.1) is 13.2 Å². The normalized spacial score (nSPS) is 20.3. The van der Waals surface area contributed by atoms with Gasteiger partial charge in [0.25, 0.3) is 0 Å². The van der Waals surface area contributed by atoms with Gasteiger partial charge in [0.05, 0.1) is 17.8 Å². The van der Waals surface area contributed by atoms with Crippen molar-refractivity contribution in [1.82, 2.24) is 15.3 Å². The molecule has 1 atom stereocenters. The molecule has 1 aromatic heterocycles. The predicted molar refractivity (Wildman–Crippen MR) is 88.4 cm³/mol. The monoisotopic (exact) mass is 385 g/mol. The molecule has 0 aliphatic carbocycles. The van der Waals surface area contributed by atoms with Gasteiger partial charge in [-0.2, -0.15) is 0 Å². The fourth-order valence-electron chi connectivity index (χ4n) is 3.11. The summed E-state index contributed by atoms with van der Waals surface area (Å²) in [4.78, 5) is 18.5. The molecule has 0 bridgehead atoms. The summed E-state index contributed by atoms with van der Waals surface area (Å²) in [5, 5.41) is 11.6. The first-order valence-corrected chi connectivity index (χ1v) is 8.24. The second-order valence-electron chi connectivity index (χ2n) is 6.35. The maximum atomic E-state index is 12.2. The van der Waals surface area contributed by atoms with Crippen LogP contribution in [0.2, 0.25) is 0 Å². The Morgan fingerprint density at radius 2 is 2.11 bits per heavy atom. The van der Waals surface area contributed by atoms with Crippen LogP contribution < -0.4 is 10.1 Å². The van der Waals surface area contributed by atoms with Crippen molar-refractivity contribution in [1.29, 1.82) is 0 Å². The van der Waals surface area contributed by atoms with E-state index in [1.165, 1.54) is 24.3 Å². The summed E-state index contributed by atoms with van der Waals surface area (Å²) in [6, 6.07) is 5.35. The predicted octanol–water partition coefficient (Wildman–Crippen LogP) is 3.33. The minimum Gasteiger partial charge on any atom is -0.465 e. The molecule has 1 unspecified atom stereocenters. The molecule has 2 heterocycles. The van der Waals surface area contributed by atoms with E-state index >= 15 is 0 Å². The van der Waals surface area contributed by atoms with Crippen molar-refractivity contribution < 1.29 is 32.5 Å². The van der Waals surface area contributed by atoms with Gasteiger partial charge in [-0.25, -0.2) is 9.78 Å². The van der Waals surface area contributed by atoms with Gasteiger partial charge in [-0.1, -0.05) is 0 Å². The van der Waals surface area contributed by atoms with E-state index in [-0.39, 0.29) is 12.4 Å². The number of aromatic amines is 1. The molecular weight excluding hydrogens is 367 g/mol. The highest BCUT2D eigenvalue weighted by molar-refractivity contribution is 5.66. The average Bonchev–Trinajstić information content (AvgIpc) is 3.02. The van der Waals surface area contributed by atoms with Crippen LogP contribution >= 0.6 is 0 Å². The molecule has 27 heavy (non-hydrogen) atoms. The van der Waals surface area contributed by atoms with Crippen molar-refractivity contribution in [3.05, 3.63) is 36.3 Å². The first-order valence-electron chi connectivity index (χ1n) is 8.24. The van der Waals surface area contributed by atoms with Gasteiger partial charge < -0.3 is 24.9 Å². The fraction of sp³-hybridized carbons (Fsp3) is 0.412. The largest absolute Gasteiger partial charge is 0.573 e. The lowest BCUT2D eigenvalue weighted by atomic mass is 9.88. The van der Waals surface area contributed by atoms with E-state index in [2.05, 4.69) is 20.0 Å². The molecule has 146 valence electrons. The van der Waals surface area contributed by atoms with E-state index in [1.807, 2.05) is 0 Å². The van der Waals surface area contributed by atoms with E-state index in [9.17, 15) is 18.0 Å². The number of hydrogen-bond acceptors (Lipinski definition) is 4. The van der Waals surface area contributed by atoms with Crippen molar-refractivity contribution in [2.75, 3.05) is 13.2 Å². The molecule has 3 rings (SSSR count). The van der Waals surface area contributed by atoms with E-state index in [0.29, 0.717) is 36.5 Å². The molecule has 2 aromatic rings. The zero-order chi connectivity index (χ0) is 19.5. The Morgan fingerprint density at radius 3 is 2.70 bits per heavy atom. The Bertz CT molecular complexity index is 783. The molecule has 1 amide bonds. The Morgan fingerprint density at radius 1 is 1.37 bits per heavy atom. The fourth-order valence-corrected chi connectivity index (χ4v) is 3.11. The van der Waals surface area contributed by atoms with Crippen LogP contribution in [0.3, 0.4) is 0 Å². The molecule has 1 aromatic carbocycles. The molecule has 10 heteroatoms. The van der Waals surface area contributed by atoms with Gasteiger partial charge in [0.2, 0.25) is 0 Å². The number of carbonyl (C=O) groups is 1. The molecule has 0 radical (unpaired) electrons. The number of imidazole rings is 1. The van der Waals surface area contributed by atoms with Gasteiger partial charge in [0, 0.05) is 24.8 Å². The first-order chi connectivity index (χ1) is 12.7. The molecule has 1 aliphatic rings. The average molecular weight is 385 g/mol. The first kappa shape index (κ1) is 19.0. The molecule has 0 saturated carbocycles. The third kappa shape index (κ3) is 5.13. The van der Waals surface area contributed by atoms with Crippen LogP contribution in [-0.4, -0.2) is 46.3 Å².